The van der Waals surface area contributed by atoms with Gasteiger partial charge in [0.05, 0.1) is 24.1 Å². The van der Waals surface area contributed by atoms with E-state index in [1.54, 1.807) is 0 Å². The van der Waals surface area contributed by atoms with Gasteiger partial charge in [-0.2, -0.15) is 13.2 Å². The number of alkyl halides is 3. The smallest absolute Gasteiger partial charge is 0.394 e. The number of rotatable bonds is 5. The van der Waals surface area contributed by atoms with Crippen LogP contribution in [0.4, 0.5) is 13.2 Å². The molecule has 0 aliphatic carbocycles. The highest BCUT2D eigenvalue weighted by Gasteiger charge is 2.49. The van der Waals surface area contributed by atoms with Crippen LogP contribution in [0.15, 0.2) is 29.8 Å². The van der Waals surface area contributed by atoms with Gasteiger partial charge in [0.15, 0.2) is 5.82 Å². The van der Waals surface area contributed by atoms with Crippen molar-refractivity contribution in [2.24, 2.45) is 0 Å². The van der Waals surface area contributed by atoms with Crippen molar-refractivity contribution < 1.29 is 33.2 Å². The SMILES string of the molecule is Cc1csc(-c2cn([C@@H]3C(O)[C@H](c4nnc(C)n4-c4cc(Cl)ccc4C(F)(F)F)OC(CO)[C@@H]3O)nn2)n1. The van der Waals surface area contributed by atoms with Gasteiger partial charge in [-0.1, -0.05) is 16.8 Å². The van der Waals surface area contributed by atoms with E-state index in [0.29, 0.717) is 10.7 Å². The van der Waals surface area contributed by atoms with E-state index in [2.05, 4.69) is 25.5 Å². The maximum Gasteiger partial charge on any atom is 0.418 e. The highest BCUT2D eigenvalue weighted by molar-refractivity contribution is 7.13. The number of thiazole rings is 1. The monoisotopic (exact) mass is 571 g/mol. The topological polar surface area (TPSA) is 144 Å². The summed E-state index contributed by atoms with van der Waals surface area (Å²) in [5, 5.41) is 50.6. The molecule has 2 unspecified atom stereocenters. The summed E-state index contributed by atoms with van der Waals surface area (Å²) in [5.41, 5.74) is -0.214. The fraction of sp³-hybridized carbons (Fsp3) is 0.409. The third-order valence-corrected chi connectivity index (χ3v) is 7.37. The van der Waals surface area contributed by atoms with E-state index in [4.69, 9.17) is 16.3 Å². The Labute approximate surface area is 222 Å². The molecule has 0 spiro atoms. The van der Waals surface area contributed by atoms with Gasteiger partial charge in [-0.05, 0) is 32.0 Å². The zero-order valence-electron chi connectivity index (χ0n) is 19.8. The van der Waals surface area contributed by atoms with E-state index in [-0.39, 0.29) is 22.4 Å². The maximum atomic E-state index is 13.9. The first-order valence-corrected chi connectivity index (χ1v) is 12.5. The molecule has 11 nitrogen and oxygen atoms in total. The molecular formula is C22H21ClF3N7O4S. The van der Waals surface area contributed by atoms with Gasteiger partial charge in [0.25, 0.3) is 0 Å². The largest absolute Gasteiger partial charge is 0.418 e. The summed E-state index contributed by atoms with van der Waals surface area (Å²) in [7, 11) is 0. The van der Waals surface area contributed by atoms with E-state index >= 15 is 0 Å². The van der Waals surface area contributed by atoms with Crippen LogP contribution in [0.2, 0.25) is 5.02 Å². The molecule has 1 saturated heterocycles. The number of aromatic nitrogens is 7. The molecule has 3 aromatic heterocycles. The number of hydrogen-bond acceptors (Lipinski definition) is 10. The van der Waals surface area contributed by atoms with Crippen molar-refractivity contribution in [2.75, 3.05) is 6.61 Å². The summed E-state index contributed by atoms with van der Waals surface area (Å²) in [6.45, 7) is 2.59. The van der Waals surface area contributed by atoms with E-state index in [1.165, 1.54) is 29.1 Å². The van der Waals surface area contributed by atoms with Crippen LogP contribution in [0.1, 0.15) is 35.1 Å². The molecule has 1 fully saturated rings. The summed E-state index contributed by atoms with van der Waals surface area (Å²) in [6.07, 6.45) is -8.96. The molecule has 3 N–H and O–H groups in total. The summed E-state index contributed by atoms with van der Waals surface area (Å²) in [6, 6.07) is 1.84. The number of benzene rings is 1. The van der Waals surface area contributed by atoms with Gasteiger partial charge in [-0.15, -0.1) is 26.6 Å². The number of halogens is 4. The zero-order valence-corrected chi connectivity index (χ0v) is 21.4. The van der Waals surface area contributed by atoms with E-state index in [9.17, 15) is 28.5 Å². The van der Waals surface area contributed by atoms with Crippen molar-refractivity contribution in [3.05, 3.63) is 57.7 Å². The van der Waals surface area contributed by atoms with Gasteiger partial charge < -0.3 is 20.1 Å². The Morgan fingerprint density at radius 3 is 2.55 bits per heavy atom. The molecule has 4 heterocycles. The highest BCUT2D eigenvalue weighted by atomic mass is 35.5. The average Bonchev–Trinajstić information content (AvgIpc) is 3.59. The third-order valence-electron chi connectivity index (χ3n) is 6.16. The summed E-state index contributed by atoms with van der Waals surface area (Å²) in [5.74, 6) is -0.122. The number of ether oxygens (including phenoxy) is 1. The van der Waals surface area contributed by atoms with Gasteiger partial charge >= 0.3 is 6.18 Å². The summed E-state index contributed by atoms with van der Waals surface area (Å²) in [4.78, 5) is 4.34. The molecule has 5 atom stereocenters. The summed E-state index contributed by atoms with van der Waals surface area (Å²) >= 11 is 7.37. The molecular weight excluding hydrogens is 551 g/mol. The van der Waals surface area contributed by atoms with Gasteiger partial charge in [-0.25, -0.2) is 9.67 Å². The van der Waals surface area contributed by atoms with E-state index in [1.807, 2.05) is 12.3 Å². The minimum Gasteiger partial charge on any atom is -0.394 e. The minimum absolute atomic E-state index is 0.0336. The van der Waals surface area contributed by atoms with E-state index < -0.39 is 48.8 Å². The van der Waals surface area contributed by atoms with Gasteiger partial charge in [0.1, 0.15) is 47.0 Å². The highest BCUT2D eigenvalue weighted by Crippen LogP contribution is 2.41. The molecule has 5 rings (SSSR count). The van der Waals surface area contributed by atoms with Crippen molar-refractivity contribution in [1.82, 2.24) is 34.7 Å². The number of aliphatic hydroxyl groups excluding tert-OH is 3. The number of aryl methyl sites for hydroxylation is 2. The second-order valence-corrected chi connectivity index (χ2v) is 10.0. The lowest BCUT2D eigenvalue weighted by Crippen LogP contribution is -2.53. The lowest BCUT2D eigenvalue weighted by molar-refractivity contribution is -0.210. The number of nitrogens with zero attached hydrogens (tertiary/aromatic N) is 7. The zero-order chi connectivity index (χ0) is 27.4. The second kappa shape index (κ2) is 9.98. The van der Waals surface area contributed by atoms with Crippen LogP contribution in [0.5, 0.6) is 0 Å². The van der Waals surface area contributed by atoms with Gasteiger partial charge in [0, 0.05) is 16.1 Å². The maximum absolute atomic E-state index is 13.9. The average molecular weight is 572 g/mol. The molecule has 4 aromatic rings. The van der Waals surface area contributed by atoms with Gasteiger partial charge in [0.2, 0.25) is 0 Å². The molecule has 0 radical (unpaired) electrons. The lowest BCUT2D eigenvalue weighted by atomic mass is 9.92. The van der Waals surface area contributed by atoms with Crippen molar-refractivity contribution in [1.29, 1.82) is 0 Å². The van der Waals surface area contributed by atoms with Crippen LogP contribution in [0, 0.1) is 13.8 Å². The van der Waals surface area contributed by atoms with Crippen molar-refractivity contribution >= 4 is 22.9 Å². The van der Waals surface area contributed by atoms with Gasteiger partial charge in [-0.3, -0.25) is 4.57 Å². The fourth-order valence-corrected chi connectivity index (χ4v) is 5.32. The minimum atomic E-state index is -4.74. The molecule has 202 valence electrons. The normalized spacial score (nSPS) is 24.2. The van der Waals surface area contributed by atoms with Crippen molar-refractivity contribution in [2.45, 2.75) is 50.5 Å². The fourth-order valence-electron chi connectivity index (χ4n) is 4.41. The Hall–Kier alpha value is -2.95. The molecule has 38 heavy (non-hydrogen) atoms. The Kier molecular flexibility index (Phi) is 7.00. The molecule has 0 bridgehead atoms. The summed E-state index contributed by atoms with van der Waals surface area (Å²) < 4.78 is 49.7. The standard InChI is InChI=1S/C22H21ClF3N7O4S/c1-9-8-38-21(27-9)13-6-32(31-29-13)16-17(35)15(7-34)37-19(18(16)36)20-30-28-10(2)33(20)14-5-11(23)3-4-12(14)22(24,25)26/h3-6,8,15-19,34-36H,7H2,1-2H3/t15?,16-,17-,18?,19+/m0/s1. The molecule has 16 heteroatoms. The molecule has 1 aliphatic heterocycles. The van der Waals surface area contributed by atoms with Crippen LogP contribution in [0.25, 0.3) is 16.4 Å². The number of aliphatic hydroxyl groups is 3. The molecule has 1 aromatic carbocycles. The second-order valence-electron chi connectivity index (χ2n) is 8.73. The lowest BCUT2D eigenvalue weighted by Gasteiger charge is -2.41. The van der Waals surface area contributed by atoms with Crippen LogP contribution < -0.4 is 0 Å². The van der Waals surface area contributed by atoms with Crippen LogP contribution >= 0.6 is 22.9 Å². The van der Waals surface area contributed by atoms with Crippen LogP contribution in [-0.2, 0) is 10.9 Å². The molecule has 1 aliphatic rings. The first-order chi connectivity index (χ1) is 18.0. The Morgan fingerprint density at radius 1 is 1.13 bits per heavy atom. The third kappa shape index (κ3) is 4.69. The van der Waals surface area contributed by atoms with Crippen molar-refractivity contribution in [3.63, 3.8) is 0 Å². The Bertz CT molecular complexity index is 1460. The van der Waals surface area contributed by atoms with Crippen LogP contribution in [-0.4, -0.2) is 75.0 Å². The quantitative estimate of drug-likeness (QED) is 0.329. The first-order valence-electron chi connectivity index (χ1n) is 11.3. The van der Waals surface area contributed by atoms with Crippen LogP contribution in [0.3, 0.4) is 0 Å². The van der Waals surface area contributed by atoms with E-state index in [0.717, 1.165) is 28.5 Å². The Balaban J connectivity index is 1.59. The van der Waals surface area contributed by atoms with Crippen molar-refractivity contribution in [3.8, 4) is 16.4 Å². The molecule has 0 amide bonds. The molecule has 0 saturated carbocycles. The number of hydrogen-bond donors (Lipinski definition) is 3. The predicted molar refractivity (Wildman–Crippen MR) is 128 cm³/mol. The predicted octanol–water partition coefficient (Wildman–Crippen LogP) is 2.67. The Morgan fingerprint density at radius 2 is 1.89 bits per heavy atom. The first kappa shape index (κ1) is 26.6.